The van der Waals surface area contributed by atoms with Crippen LogP contribution in [0, 0.1) is 13.8 Å². The second-order valence-electron chi connectivity index (χ2n) is 5.94. The number of anilines is 2. The molecule has 0 saturated carbocycles. The molecule has 0 unspecified atom stereocenters. The Morgan fingerprint density at radius 3 is 2.16 bits per heavy atom. The summed E-state index contributed by atoms with van der Waals surface area (Å²) in [6, 6.07) is 13.0. The van der Waals surface area contributed by atoms with Gasteiger partial charge in [0.25, 0.3) is 0 Å². The Balaban J connectivity index is 2.03. The SMILES string of the molecule is COc1ccc(NC(=O)CCN(C(C)=O)c2c(C)cccc2C)cc1. The van der Waals surface area contributed by atoms with Crippen molar-refractivity contribution in [3.63, 3.8) is 0 Å². The third-order valence-corrected chi connectivity index (χ3v) is 4.03. The van der Waals surface area contributed by atoms with Gasteiger partial charge in [0.15, 0.2) is 0 Å². The Morgan fingerprint density at radius 2 is 1.64 bits per heavy atom. The number of rotatable bonds is 6. The van der Waals surface area contributed by atoms with Crippen molar-refractivity contribution in [3.05, 3.63) is 53.6 Å². The number of para-hydroxylation sites is 1. The van der Waals surface area contributed by atoms with E-state index in [0.29, 0.717) is 12.2 Å². The fourth-order valence-electron chi connectivity index (χ4n) is 2.77. The minimum Gasteiger partial charge on any atom is -0.497 e. The van der Waals surface area contributed by atoms with Crippen LogP contribution in [-0.4, -0.2) is 25.5 Å². The third kappa shape index (κ3) is 4.83. The fourth-order valence-corrected chi connectivity index (χ4v) is 2.77. The molecule has 0 aliphatic heterocycles. The molecule has 25 heavy (non-hydrogen) atoms. The maximum Gasteiger partial charge on any atom is 0.226 e. The highest BCUT2D eigenvalue weighted by molar-refractivity contribution is 5.95. The molecule has 0 atom stereocenters. The summed E-state index contributed by atoms with van der Waals surface area (Å²) in [5.41, 5.74) is 3.62. The Hall–Kier alpha value is -2.82. The van der Waals surface area contributed by atoms with E-state index < -0.39 is 0 Å². The van der Waals surface area contributed by atoms with Crippen LogP contribution in [0.15, 0.2) is 42.5 Å². The summed E-state index contributed by atoms with van der Waals surface area (Å²) in [5, 5.41) is 2.84. The summed E-state index contributed by atoms with van der Waals surface area (Å²) < 4.78 is 5.09. The highest BCUT2D eigenvalue weighted by Crippen LogP contribution is 2.25. The fraction of sp³-hybridized carbons (Fsp3) is 0.300. The van der Waals surface area contributed by atoms with Gasteiger partial charge in [-0.05, 0) is 49.2 Å². The number of methoxy groups -OCH3 is 1. The normalized spacial score (nSPS) is 10.2. The van der Waals surface area contributed by atoms with E-state index in [9.17, 15) is 9.59 Å². The first-order chi connectivity index (χ1) is 11.9. The number of carbonyl (C=O) groups is 2. The number of hydrogen-bond donors (Lipinski definition) is 1. The van der Waals surface area contributed by atoms with Gasteiger partial charge in [-0.25, -0.2) is 0 Å². The molecule has 0 bridgehead atoms. The first-order valence-corrected chi connectivity index (χ1v) is 8.20. The van der Waals surface area contributed by atoms with E-state index in [1.54, 1.807) is 36.3 Å². The second kappa shape index (κ2) is 8.33. The molecule has 5 heteroatoms. The van der Waals surface area contributed by atoms with E-state index in [-0.39, 0.29) is 18.2 Å². The van der Waals surface area contributed by atoms with Gasteiger partial charge >= 0.3 is 0 Å². The molecule has 0 aliphatic carbocycles. The first-order valence-electron chi connectivity index (χ1n) is 8.20. The van der Waals surface area contributed by atoms with Crippen LogP contribution in [0.3, 0.4) is 0 Å². The van der Waals surface area contributed by atoms with Crippen LogP contribution in [0.5, 0.6) is 5.75 Å². The van der Waals surface area contributed by atoms with Crippen molar-refractivity contribution in [2.45, 2.75) is 27.2 Å². The molecule has 2 rings (SSSR count). The van der Waals surface area contributed by atoms with E-state index in [1.807, 2.05) is 32.0 Å². The minimum atomic E-state index is -0.136. The van der Waals surface area contributed by atoms with Crippen LogP contribution < -0.4 is 15.0 Å². The second-order valence-corrected chi connectivity index (χ2v) is 5.94. The zero-order valence-electron chi connectivity index (χ0n) is 15.1. The number of carbonyl (C=O) groups excluding carboxylic acids is 2. The molecular formula is C20H24N2O3. The Bertz CT molecular complexity index is 734. The van der Waals surface area contributed by atoms with Crippen LogP contribution >= 0.6 is 0 Å². The summed E-state index contributed by atoms with van der Waals surface area (Å²) in [7, 11) is 1.59. The number of nitrogens with one attached hydrogen (secondary N) is 1. The molecule has 5 nitrogen and oxygen atoms in total. The van der Waals surface area contributed by atoms with Gasteiger partial charge in [0, 0.05) is 31.3 Å². The zero-order valence-corrected chi connectivity index (χ0v) is 15.1. The summed E-state index contributed by atoms with van der Waals surface area (Å²) >= 11 is 0. The molecule has 0 aliphatic rings. The van der Waals surface area contributed by atoms with Gasteiger partial charge in [-0.15, -0.1) is 0 Å². The molecule has 0 heterocycles. The van der Waals surface area contributed by atoms with Crippen LogP contribution in [-0.2, 0) is 9.59 Å². The summed E-state index contributed by atoms with van der Waals surface area (Å²) in [4.78, 5) is 26.0. The van der Waals surface area contributed by atoms with Gasteiger partial charge in [0.2, 0.25) is 11.8 Å². The first kappa shape index (κ1) is 18.5. The number of amides is 2. The molecule has 0 radical (unpaired) electrons. The molecule has 2 aromatic rings. The maximum atomic E-state index is 12.2. The molecule has 0 aromatic heterocycles. The van der Waals surface area contributed by atoms with Crippen LogP contribution in [0.1, 0.15) is 24.5 Å². The molecule has 2 amide bonds. The van der Waals surface area contributed by atoms with Crippen LogP contribution in [0.2, 0.25) is 0 Å². The molecule has 132 valence electrons. The average Bonchev–Trinajstić information content (AvgIpc) is 2.57. The Morgan fingerprint density at radius 1 is 1.04 bits per heavy atom. The monoisotopic (exact) mass is 340 g/mol. The lowest BCUT2D eigenvalue weighted by Gasteiger charge is -2.25. The van der Waals surface area contributed by atoms with Crippen molar-refractivity contribution >= 4 is 23.2 Å². The van der Waals surface area contributed by atoms with Crippen molar-refractivity contribution in [2.24, 2.45) is 0 Å². The lowest BCUT2D eigenvalue weighted by molar-refractivity contribution is -0.117. The molecule has 0 fully saturated rings. The molecule has 1 N–H and O–H groups in total. The summed E-state index contributed by atoms with van der Waals surface area (Å²) in [5.74, 6) is 0.521. The summed E-state index contributed by atoms with van der Waals surface area (Å²) in [6.07, 6.45) is 0.222. The largest absolute Gasteiger partial charge is 0.497 e. The van der Waals surface area contributed by atoms with Crippen LogP contribution in [0.25, 0.3) is 0 Å². The van der Waals surface area contributed by atoms with E-state index in [4.69, 9.17) is 4.74 Å². The van der Waals surface area contributed by atoms with Crippen molar-refractivity contribution in [2.75, 3.05) is 23.9 Å². The summed E-state index contributed by atoms with van der Waals surface area (Å²) in [6.45, 7) is 5.79. The Labute approximate surface area is 148 Å². The number of nitrogens with zero attached hydrogens (tertiary/aromatic N) is 1. The predicted molar refractivity (Wildman–Crippen MR) is 100 cm³/mol. The number of aryl methyl sites for hydroxylation is 2. The van der Waals surface area contributed by atoms with Crippen molar-refractivity contribution < 1.29 is 14.3 Å². The van der Waals surface area contributed by atoms with Gasteiger partial charge in [-0.3, -0.25) is 9.59 Å². The highest BCUT2D eigenvalue weighted by Gasteiger charge is 2.17. The Kier molecular flexibility index (Phi) is 6.17. The zero-order chi connectivity index (χ0) is 18.4. The molecule has 2 aromatic carbocycles. The van der Waals surface area contributed by atoms with Gasteiger partial charge in [0.05, 0.1) is 7.11 Å². The van der Waals surface area contributed by atoms with E-state index in [0.717, 1.165) is 22.6 Å². The van der Waals surface area contributed by atoms with Crippen molar-refractivity contribution in [1.82, 2.24) is 0 Å². The van der Waals surface area contributed by atoms with E-state index in [2.05, 4.69) is 5.32 Å². The van der Waals surface area contributed by atoms with Gasteiger partial charge < -0.3 is 15.0 Å². The standard InChI is InChI=1S/C20H24N2O3/c1-14-6-5-7-15(2)20(14)22(16(3)23)13-12-19(24)21-17-8-10-18(25-4)11-9-17/h5-11H,12-13H2,1-4H3,(H,21,24). The third-order valence-electron chi connectivity index (χ3n) is 4.03. The molecular weight excluding hydrogens is 316 g/mol. The number of hydrogen-bond acceptors (Lipinski definition) is 3. The number of benzene rings is 2. The van der Waals surface area contributed by atoms with E-state index >= 15 is 0 Å². The lowest BCUT2D eigenvalue weighted by Crippen LogP contribution is -2.33. The van der Waals surface area contributed by atoms with Crippen molar-refractivity contribution in [1.29, 1.82) is 0 Å². The topological polar surface area (TPSA) is 58.6 Å². The highest BCUT2D eigenvalue weighted by atomic mass is 16.5. The van der Waals surface area contributed by atoms with E-state index in [1.165, 1.54) is 6.92 Å². The minimum absolute atomic E-state index is 0.0744. The van der Waals surface area contributed by atoms with Crippen LogP contribution in [0.4, 0.5) is 11.4 Å². The quantitative estimate of drug-likeness (QED) is 0.872. The van der Waals surface area contributed by atoms with Gasteiger partial charge in [-0.1, -0.05) is 18.2 Å². The predicted octanol–water partition coefficient (Wildman–Crippen LogP) is 3.69. The smallest absolute Gasteiger partial charge is 0.226 e. The van der Waals surface area contributed by atoms with Gasteiger partial charge in [0.1, 0.15) is 5.75 Å². The lowest BCUT2D eigenvalue weighted by atomic mass is 10.1. The average molecular weight is 340 g/mol. The molecule has 0 spiro atoms. The maximum absolute atomic E-state index is 12.2. The van der Waals surface area contributed by atoms with Crippen molar-refractivity contribution in [3.8, 4) is 5.75 Å². The number of ether oxygens (including phenoxy) is 1. The van der Waals surface area contributed by atoms with Gasteiger partial charge in [-0.2, -0.15) is 0 Å². The molecule has 0 saturated heterocycles.